The average molecular weight is 328 g/mol. The molecule has 0 radical (unpaired) electrons. The van der Waals surface area contributed by atoms with E-state index in [1.165, 1.54) is 12.1 Å². The van der Waals surface area contributed by atoms with Crippen LogP contribution < -0.4 is 5.32 Å². The van der Waals surface area contributed by atoms with Gasteiger partial charge in [-0.3, -0.25) is 9.89 Å². The van der Waals surface area contributed by atoms with Crippen molar-refractivity contribution in [2.45, 2.75) is 27.3 Å². The second kappa shape index (κ2) is 6.23. The van der Waals surface area contributed by atoms with Gasteiger partial charge in [0, 0.05) is 0 Å². The van der Waals surface area contributed by atoms with E-state index in [9.17, 15) is 9.18 Å². The summed E-state index contributed by atoms with van der Waals surface area (Å²) in [5.74, 6) is 0.638. The van der Waals surface area contributed by atoms with Gasteiger partial charge in [-0.15, -0.1) is 0 Å². The zero-order valence-corrected chi connectivity index (χ0v) is 13.6. The number of aromatic nitrogens is 5. The first-order valence-corrected chi connectivity index (χ1v) is 7.44. The SMILES string of the molecule is Cc1nc(CNC(=O)c2c(C)nn(-c3ccc(F)cc3)c2C)n[nH]1. The van der Waals surface area contributed by atoms with Crippen molar-refractivity contribution in [1.82, 2.24) is 30.3 Å². The van der Waals surface area contributed by atoms with Crippen LogP contribution >= 0.6 is 0 Å². The molecule has 3 rings (SSSR count). The van der Waals surface area contributed by atoms with Crippen LogP contribution in [0.5, 0.6) is 0 Å². The normalized spacial score (nSPS) is 10.8. The van der Waals surface area contributed by atoms with Crippen LogP contribution in [-0.2, 0) is 6.54 Å². The van der Waals surface area contributed by atoms with Crippen LogP contribution in [0.1, 0.15) is 33.4 Å². The summed E-state index contributed by atoms with van der Waals surface area (Å²) in [5.41, 5.74) is 2.47. The Hall–Kier alpha value is -3.03. The van der Waals surface area contributed by atoms with Crippen molar-refractivity contribution in [2.75, 3.05) is 0 Å². The molecule has 0 fully saturated rings. The zero-order chi connectivity index (χ0) is 17.3. The van der Waals surface area contributed by atoms with E-state index in [4.69, 9.17) is 0 Å². The van der Waals surface area contributed by atoms with Gasteiger partial charge in [0.25, 0.3) is 5.91 Å². The van der Waals surface area contributed by atoms with Crippen LogP contribution in [0.4, 0.5) is 4.39 Å². The van der Waals surface area contributed by atoms with Gasteiger partial charge in [-0.2, -0.15) is 10.2 Å². The molecule has 1 amide bonds. The molecular formula is C16H17FN6O. The number of nitrogens with one attached hydrogen (secondary N) is 2. The number of hydrogen-bond acceptors (Lipinski definition) is 4. The maximum absolute atomic E-state index is 13.1. The number of hydrogen-bond donors (Lipinski definition) is 2. The summed E-state index contributed by atoms with van der Waals surface area (Å²) in [4.78, 5) is 16.6. The van der Waals surface area contributed by atoms with Crippen molar-refractivity contribution in [1.29, 1.82) is 0 Å². The third-order valence-electron chi connectivity index (χ3n) is 3.64. The Morgan fingerprint density at radius 1 is 1.25 bits per heavy atom. The summed E-state index contributed by atoms with van der Waals surface area (Å²) in [7, 11) is 0. The lowest BCUT2D eigenvalue weighted by atomic mass is 10.2. The van der Waals surface area contributed by atoms with Crippen LogP contribution in [0.2, 0.25) is 0 Å². The predicted octanol–water partition coefficient (Wildman–Crippen LogP) is 1.98. The van der Waals surface area contributed by atoms with Crippen LogP contribution in [0.15, 0.2) is 24.3 Å². The highest BCUT2D eigenvalue weighted by Gasteiger charge is 2.19. The number of rotatable bonds is 4. The highest BCUT2D eigenvalue weighted by atomic mass is 19.1. The van der Waals surface area contributed by atoms with Gasteiger partial charge in [-0.1, -0.05) is 0 Å². The quantitative estimate of drug-likeness (QED) is 0.766. The molecule has 0 bridgehead atoms. The Morgan fingerprint density at radius 2 is 1.96 bits per heavy atom. The van der Waals surface area contributed by atoms with Crippen molar-refractivity contribution in [3.8, 4) is 5.69 Å². The van der Waals surface area contributed by atoms with E-state index in [1.807, 2.05) is 0 Å². The van der Waals surface area contributed by atoms with Gasteiger partial charge in [0.05, 0.1) is 29.2 Å². The van der Waals surface area contributed by atoms with Crippen LogP contribution in [-0.4, -0.2) is 30.9 Å². The van der Waals surface area contributed by atoms with Crippen molar-refractivity contribution in [2.24, 2.45) is 0 Å². The molecular weight excluding hydrogens is 311 g/mol. The minimum Gasteiger partial charge on any atom is -0.345 e. The first-order chi connectivity index (χ1) is 11.5. The summed E-state index contributed by atoms with van der Waals surface area (Å²) in [5, 5.41) is 13.9. The molecule has 124 valence electrons. The fourth-order valence-corrected chi connectivity index (χ4v) is 2.52. The van der Waals surface area contributed by atoms with Crippen LogP contribution in [0.3, 0.4) is 0 Å². The number of carbonyl (C=O) groups excluding carboxylic acids is 1. The average Bonchev–Trinajstić information content (AvgIpc) is 3.09. The van der Waals surface area contributed by atoms with Gasteiger partial charge in [-0.25, -0.2) is 14.1 Å². The minimum atomic E-state index is -0.319. The Bertz CT molecular complexity index is 881. The highest BCUT2D eigenvalue weighted by Crippen LogP contribution is 2.18. The van der Waals surface area contributed by atoms with Gasteiger partial charge in [0.2, 0.25) is 0 Å². The van der Waals surface area contributed by atoms with Crippen molar-refractivity contribution in [3.63, 3.8) is 0 Å². The lowest BCUT2D eigenvalue weighted by molar-refractivity contribution is 0.0948. The predicted molar refractivity (Wildman–Crippen MR) is 85.3 cm³/mol. The Kier molecular flexibility index (Phi) is 4.11. The van der Waals surface area contributed by atoms with Crippen LogP contribution in [0, 0.1) is 26.6 Å². The molecule has 0 spiro atoms. The molecule has 0 saturated carbocycles. The molecule has 1 aromatic carbocycles. The van der Waals surface area contributed by atoms with E-state index in [0.717, 1.165) is 0 Å². The summed E-state index contributed by atoms with van der Waals surface area (Å²) in [6, 6.07) is 5.95. The highest BCUT2D eigenvalue weighted by molar-refractivity contribution is 5.96. The van der Waals surface area contributed by atoms with Crippen molar-refractivity contribution in [3.05, 3.63) is 58.7 Å². The van der Waals surface area contributed by atoms with Gasteiger partial charge < -0.3 is 5.32 Å². The molecule has 0 saturated heterocycles. The smallest absolute Gasteiger partial charge is 0.255 e. The molecule has 0 aliphatic heterocycles. The van der Waals surface area contributed by atoms with Gasteiger partial charge in [-0.05, 0) is 45.0 Å². The number of amides is 1. The first kappa shape index (κ1) is 15.9. The maximum atomic E-state index is 13.1. The van der Waals surface area contributed by atoms with Gasteiger partial charge in [0.15, 0.2) is 5.82 Å². The Balaban J connectivity index is 1.83. The second-order valence-corrected chi connectivity index (χ2v) is 5.45. The number of H-pyrrole nitrogens is 1. The monoisotopic (exact) mass is 328 g/mol. The molecule has 0 aliphatic carbocycles. The summed E-state index contributed by atoms with van der Waals surface area (Å²) >= 11 is 0. The number of benzene rings is 1. The van der Waals surface area contributed by atoms with Crippen molar-refractivity contribution < 1.29 is 9.18 Å². The second-order valence-electron chi connectivity index (χ2n) is 5.45. The molecule has 7 nitrogen and oxygen atoms in total. The van der Waals surface area contributed by atoms with E-state index < -0.39 is 0 Å². The molecule has 2 aromatic heterocycles. The third kappa shape index (κ3) is 3.03. The molecule has 0 aliphatic rings. The number of carbonyl (C=O) groups is 1. The fourth-order valence-electron chi connectivity index (χ4n) is 2.52. The number of aryl methyl sites for hydroxylation is 2. The Morgan fingerprint density at radius 3 is 2.58 bits per heavy atom. The molecule has 2 N–H and O–H groups in total. The van der Waals surface area contributed by atoms with Crippen LogP contribution in [0.25, 0.3) is 5.69 Å². The summed E-state index contributed by atoms with van der Waals surface area (Å²) in [6.07, 6.45) is 0. The largest absolute Gasteiger partial charge is 0.345 e. The van der Waals surface area contributed by atoms with E-state index in [2.05, 4.69) is 25.6 Å². The fraction of sp³-hybridized carbons (Fsp3) is 0.250. The van der Waals surface area contributed by atoms with E-state index in [-0.39, 0.29) is 18.3 Å². The van der Waals surface area contributed by atoms with E-state index in [0.29, 0.717) is 34.3 Å². The number of halogens is 1. The molecule has 2 heterocycles. The lowest BCUT2D eigenvalue weighted by Gasteiger charge is -2.06. The topological polar surface area (TPSA) is 88.5 Å². The molecule has 0 atom stereocenters. The summed E-state index contributed by atoms with van der Waals surface area (Å²) < 4.78 is 14.7. The maximum Gasteiger partial charge on any atom is 0.255 e. The van der Waals surface area contributed by atoms with Gasteiger partial charge >= 0.3 is 0 Å². The molecule has 0 unspecified atom stereocenters. The van der Waals surface area contributed by atoms with Crippen molar-refractivity contribution >= 4 is 5.91 Å². The number of aromatic amines is 1. The standard InChI is InChI=1S/C16H17FN6O/c1-9-15(16(24)18-8-14-19-11(3)20-21-14)10(2)23(22-9)13-6-4-12(17)5-7-13/h4-7H,8H2,1-3H3,(H,18,24)(H,19,20,21). The number of nitrogens with zero attached hydrogens (tertiary/aromatic N) is 4. The molecule has 3 aromatic rings. The zero-order valence-electron chi connectivity index (χ0n) is 13.6. The minimum absolute atomic E-state index is 0.226. The van der Waals surface area contributed by atoms with Gasteiger partial charge in [0.1, 0.15) is 11.6 Å². The summed E-state index contributed by atoms with van der Waals surface area (Å²) in [6.45, 7) is 5.58. The van der Waals surface area contributed by atoms with E-state index in [1.54, 1.807) is 37.6 Å². The molecule has 24 heavy (non-hydrogen) atoms. The lowest BCUT2D eigenvalue weighted by Crippen LogP contribution is -2.24. The Labute approximate surface area is 137 Å². The van der Waals surface area contributed by atoms with E-state index >= 15 is 0 Å². The first-order valence-electron chi connectivity index (χ1n) is 7.44. The molecule has 8 heteroatoms. The third-order valence-corrected chi connectivity index (χ3v) is 3.64.